The summed E-state index contributed by atoms with van der Waals surface area (Å²) in [6, 6.07) is 7.73. The second-order valence-electron chi connectivity index (χ2n) is 5.02. The lowest BCUT2D eigenvalue weighted by Gasteiger charge is -2.36. The Bertz CT molecular complexity index is 383. The van der Waals surface area contributed by atoms with Crippen LogP contribution in [0.2, 0.25) is 0 Å². The van der Waals surface area contributed by atoms with Crippen LogP contribution >= 0.6 is 0 Å². The van der Waals surface area contributed by atoms with Gasteiger partial charge in [0.1, 0.15) is 6.29 Å². The van der Waals surface area contributed by atoms with Crippen LogP contribution in [0.15, 0.2) is 24.3 Å². The van der Waals surface area contributed by atoms with E-state index >= 15 is 0 Å². The molecule has 0 saturated carbocycles. The number of hydrogen-bond donors (Lipinski definition) is 1. The van der Waals surface area contributed by atoms with E-state index in [1.807, 2.05) is 24.3 Å². The summed E-state index contributed by atoms with van der Waals surface area (Å²) >= 11 is 0. The van der Waals surface area contributed by atoms with E-state index in [4.69, 9.17) is 5.73 Å². The third-order valence-corrected chi connectivity index (χ3v) is 3.36. The maximum absolute atomic E-state index is 11.1. The molecule has 86 valence electrons. The lowest BCUT2D eigenvalue weighted by Crippen LogP contribution is -2.43. The zero-order valence-corrected chi connectivity index (χ0v) is 9.81. The van der Waals surface area contributed by atoms with Crippen LogP contribution in [0.5, 0.6) is 0 Å². The molecule has 1 aliphatic rings. The molecule has 1 heterocycles. The largest absolute Gasteiger partial charge is 0.399 e. The van der Waals surface area contributed by atoms with Gasteiger partial charge in [0.15, 0.2) is 0 Å². The normalized spacial score (nSPS) is 23.4. The molecule has 0 aromatic heterocycles. The van der Waals surface area contributed by atoms with E-state index in [1.54, 1.807) is 0 Å². The molecule has 2 rings (SSSR count). The number of nitrogens with zero attached hydrogens (tertiary/aromatic N) is 1. The number of anilines is 2. The zero-order chi connectivity index (χ0) is 11.8. The quantitative estimate of drug-likeness (QED) is 0.611. The van der Waals surface area contributed by atoms with E-state index in [0.29, 0.717) is 0 Å². The van der Waals surface area contributed by atoms with Crippen molar-refractivity contribution in [3.8, 4) is 0 Å². The monoisotopic (exact) mass is 218 g/mol. The van der Waals surface area contributed by atoms with Gasteiger partial charge in [0, 0.05) is 16.9 Å². The van der Waals surface area contributed by atoms with E-state index in [1.165, 1.54) is 0 Å². The molecule has 1 aromatic rings. The van der Waals surface area contributed by atoms with E-state index in [2.05, 4.69) is 18.7 Å². The molecule has 1 aliphatic heterocycles. The standard InChI is InChI=1S/C13H18N2O/c1-13(2)8-7-12(9-16)15(13)11-5-3-10(14)4-6-11/h3-6,9,12H,7-8,14H2,1-2H3. The molecule has 0 radical (unpaired) electrons. The lowest BCUT2D eigenvalue weighted by atomic mass is 10.0. The molecule has 0 aliphatic carbocycles. The molecule has 1 atom stereocenters. The van der Waals surface area contributed by atoms with Gasteiger partial charge in [0.25, 0.3) is 0 Å². The first kappa shape index (κ1) is 11.0. The third kappa shape index (κ3) is 1.77. The average molecular weight is 218 g/mol. The number of hydrogen-bond acceptors (Lipinski definition) is 3. The minimum absolute atomic E-state index is 0.00127. The fourth-order valence-corrected chi connectivity index (χ4v) is 2.50. The predicted molar refractivity (Wildman–Crippen MR) is 66.5 cm³/mol. The molecular weight excluding hydrogens is 200 g/mol. The van der Waals surface area contributed by atoms with Crippen LogP contribution in [0.4, 0.5) is 11.4 Å². The summed E-state index contributed by atoms with van der Waals surface area (Å²) in [6.07, 6.45) is 3.02. The highest BCUT2D eigenvalue weighted by molar-refractivity contribution is 5.69. The topological polar surface area (TPSA) is 46.3 Å². The van der Waals surface area contributed by atoms with Crippen molar-refractivity contribution in [1.82, 2.24) is 0 Å². The number of nitrogens with two attached hydrogens (primary N) is 1. The van der Waals surface area contributed by atoms with Gasteiger partial charge >= 0.3 is 0 Å². The Morgan fingerprint density at radius 1 is 1.38 bits per heavy atom. The SMILES string of the molecule is CC1(C)CCC(C=O)N1c1ccc(N)cc1. The summed E-state index contributed by atoms with van der Waals surface area (Å²) in [5, 5.41) is 0. The highest BCUT2D eigenvalue weighted by Crippen LogP contribution is 2.37. The van der Waals surface area contributed by atoms with Gasteiger partial charge in [-0.25, -0.2) is 0 Å². The highest BCUT2D eigenvalue weighted by Gasteiger charge is 2.39. The predicted octanol–water partition coefficient (Wildman–Crippen LogP) is 2.22. The number of aldehydes is 1. The van der Waals surface area contributed by atoms with Gasteiger partial charge in [-0.05, 0) is 51.0 Å². The summed E-state index contributed by atoms with van der Waals surface area (Å²) in [7, 11) is 0. The summed E-state index contributed by atoms with van der Waals surface area (Å²) < 4.78 is 0. The smallest absolute Gasteiger partial charge is 0.142 e. The molecule has 2 N–H and O–H groups in total. The number of nitrogen functional groups attached to an aromatic ring is 1. The maximum atomic E-state index is 11.1. The van der Waals surface area contributed by atoms with Crippen LogP contribution in [-0.2, 0) is 4.79 Å². The second-order valence-corrected chi connectivity index (χ2v) is 5.02. The van der Waals surface area contributed by atoms with E-state index in [0.717, 1.165) is 30.5 Å². The Morgan fingerprint density at radius 2 is 2.00 bits per heavy atom. The Labute approximate surface area is 96.2 Å². The van der Waals surface area contributed by atoms with Gasteiger partial charge in [0.2, 0.25) is 0 Å². The molecule has 1 saturated heterocycles. The average Bonchev–Trinajstić information content (AvgIpc) is 2.55. The van der Waals surface area contributed by atoms with Crippen molar-refractivity contribution in [2.24, 2.45) is 0 Å². The van der Waals surface area contributed by atoms with Crippen LogP contribution in [0, 0.1) is 0 Å². The van der Waals surface area contributed by atoms with Crippen molar-refractivity contribution in [2.75, 3.05) is 10.6 Å². The highest BCUT2D eigenvalue weighted by atomic mass is 16.1. The fourth-order valence-electron chi connectivity index (χ4n) is 2.50. The van der Waals surface area contributed by atoms with Crippen LogP contribution in [0.1, 0.15) is 26.7 Å². The van der Waals surface area contributed by atoms with Crippen LogP contribution in [0.3, 0.4) is 0 Å². The number of benzene rings is 1. The first-order valence-electron chi connectivity index (χ1n) is 5.65. The summed E-state index contributed by atoms with van der Waals surface area (Å²) in [4.78, 5) is 13.3. The summed E-state index contributed by atoms with van der Waals surface area (Å²) in [6.45, 7) is 4.35. The second kappa shape index (κ2) is 3.81. The first-order valence-corrected chi connectivity index (χ1v) is 5.65. The summed E-state index contributed by atoms with van der Waals surface area (Å²) in [5.41, 5.74) is 7.55. The minimum Gasteiger partial charge on any atom is -0.399 e. The molecular formula is C13H18N2O. The van der Waals surface area contributed by atoms with Gasteiger partial charge in [-0.1, -0.05) is 0 Å². The van der Waals surface area contributed by atoms with Gasteiger partial charge in [-0.15, -0.1) is 0 Å². The van der Waals surface area contributed by atoms with Gasteiger partial charge in [-0.2, -0.15) is 0 Å². The Kier molecular flexibility index (Phi) is 2.62. The zero-order valence-electron chi connectivity index (χ0n) is 9.81. The maximum Gasteiger partial charge on any atom is 0.142 e. The number of carbonyl (C=O) groups is 1. The molecule has 0 amide bonds. The molecule has 1 aromatic carbocycles. The van der Waals surface area contributed by atoms with E-state index in [-0.39, 0.29) is 11.6 Å². The van der Waals surface area contributed by atoms with Gasteiger partial charge in [-0.3, -0.25) is 0 Å². The fraction of sp³-hybridized carbons (Fsp3) is 0.462. The molecule has 3 nitrogen and oxygen atoms in total. The molecule has 1 fully saturated rings. The van der Waals surface area contributed by atoms with Crippen LogP contribution in [-0.4, -0.2) is 17.9 Å². The molecule has 3 heteroatoms. The van der Waals surface area contributed by atoms with Crippen LogP contribution < -0.4 is 10.6 Å². The Balaban J connectivity index is 2.36. The van der Waals surface area contributed by atoms with E-state index < -0.39 is 0 Å². The van der Waals surface area contributed by atoms with Crippen molar-refractivity contribution in [1.29, 1.82) is 0 Å². The molecule has 0 spiro atoms. The molecule has 0 bridgehead atoms. The van der Waals surface area contributed by atoms with Gasteiger partial charge in [0.05, 0.1) is 6.04 Å². The van der Waals surface area contributed by atoms with E-state index in [9.17, 15) is 4.79 Å². The Morgan fingerprint density at radius 3 is 2.56 bits per heavy atom. The van der Waals surface area contributed by atoms with Crippen molar-refractivity contribution in [2.45, 2.75) is 38.3 Å². The molecule has 1 unspecified atom stereocenters. The van der Waals surface area contributed by atoms with Gasteiger partial charge < -0.3 is 15.4 Å². The van der Waals surface area contributed by atoms with Crippen molar-refractivity contribution in [3.05, 3.63) is 24.3 Å². The minimum atomic E-state index is -0.00127. The Hall–Kier alpha value is -1.51. The first-order chi connectivity index (χ1) is 7.54. The molecule has 16 heavy (non-hydrogen) atoms. The van der Waals surface area contributed by atoms with Crippen molar-refractivity contribution < 1.29 is 4.79 Å². The number of carbonyl (C=O) groups excluding carboxylic acids is 1. The van der Waals surface area contributed by atoms with Crippen molar-refractivity contribution >= 4 is 17.7 Å². The van der Waals surface area contributed by atoms with Crippen molar-refractivity contribution in [3.63, 3.8) is 0 Å². The lowest BCUT2D eigenvalue weighted by molar-refractivity contribution is -0.108. The number of rotatable bonds is 2. The third-order valence-electron chi connectivity index (χ3n) is 3.36. The van der Waals surface area contributed by atoms with Crippen LogP contribution in [0.25, 0.3) is 0 Å². The summed E-state index contributed by atoms with van der Waals surface area (Å²) in [5.74, 6) is 0.